The van der Waals surface area contributed by atoms with Crippen molar-refractivity contribution in [3.8, 4) is 5.75 Å². The lowest BCUT2D eigenvalue weighted by Gasteiger charge is -2.39. The van der Waals surface area contributed by atoms with Crippen molar-refractivity contribution >= 4 is 5.71 Å². The van der Waals surface area contributed by atoms with Crippen LogP contribution in [0.4, 0.5) is 0 Å². The normalized spacial score (nSPS) is 31.7. The Morgan fingerprint density at radius 2 is 2.21 bits per heavy atom. The molecule has 2 unspecified atom stereocenters. The lowest BCUT2D eigenvalue weighted by molar-refractivity contribution is 0.305. The van der Waals surface area contributed by atoms with Crippen molar-refractivity contribution in [3.63, 3.8) is 0 Å². The van der Waals surface area contributed by atoms with Crippen molar-refractivity contribution in [2.24, 2.45) is 11.1 Å². The Morgan fingerprint density at radius 1 is 1.37 bits per heavy atom. The van der Waals surface area contributed by atoms with E-state index in [1.807, 2.05) is 6.07 Å². The van der Waals surface area contributed by atoms with Gasteiger partial charge in [-0.3, -0.25) is 0 Å². The van der Waals surface area contributed by atoms with Gasteiger partial charge in [0.25, 0.3) is 0 Å². The summed E-state index contributed by atoms with van der Waals surface area (Å²) in [5.74, 6) is 1.29. The average molecular weight is 259 g/mol. The standard InChI is InChI=1S/C16H21NO2/c1-16-8-4-3-5-12(15(16)17-18)9-11-6-7-13(19-2)10-14(11)16/h6-7,10,12,18H,3-5,8-9H2,1-2H3/b17-15+. The van der Waals surface area contributed by atoms with Crippen LogP contribution >= 0.6 is 0 Å². The van der Waals surface area contributed by atoms with E-state index in [4.69, 9.17) is 4.74 Å². The van der Waals surface area contributed by atoms with Crippen molar-refractivity contribution < 1.29 is 9.94 Å². The maximum absolute atomic E-state index is 9.50. The van der Waals surface area contributed by atoms with E-state index in [-0.39, 0.29) is 5.41 Å². The monoisotopic (exact) mass is 259 g/mol. The molecular formula is C16H21NO2. The Balaban J connectivity index is 2.19. The van der Waals surface area contributed by atoms with Gasteiger partial charge in [-0.25, -0.2) is 0 Å². The highest BCUT2D eigenvalue weighted by molar-refractivity contribution is 5.98. The first kappa shape index (κ1) is 12.5. The Labute approximate surface area is 114 Å². The van der Waals surface area contributed by atoms with Crippen LogP contribution in [0.5, 0.6) is 5.75 Å². The molecule has 102 valence electrons. The molecule has 1 saturated carbocycles. The van der Waals surface area contributed by atoms with Gasteiger partial charge in [0.15, 0.2) is 0 Å². The summed E-state index contributed by atoms with van der Waals surface area (Å²) in [6.07, 6.45) is 5.62. The molecule has 0 aliphatic heterocycles. The Kier molecular flexibility index (Phi) is 3.00. The fraction of sp³-hybridized carbons (Fsp3) is 0.562. The second kappa shape index (κ2) is 4.55. The molecule has 1 fully saturated rings. The van der Waals surface area contributed by atoms with Crippen LogP contribution in [0, 0.1) is 5.92 Å². The maximum Gasteiger partial charge on any atom is 0.119 e. The van der Waals surface area contributed by atoms with E-state index in [0.717, 1.165) is 30.7 Å². The molecule has 0 heterocycles. The first-order chi connectivity index (χ1) is 9.19. The summed E-state index contributed by atoms with van der Waals surface area (Å²) in [6, 6.07) is 6.34. The Morgan fingerprint density at radius 3 is 2.95 bits per heavy atom. The predicted octanol–water partition coefficient (Wildman–Crippen LogP) is 3.53. The van der Waals surface area contributed by atoms with Crippen molar-refractivity contribution in [3.05, 3.63) is 29.3 Å². The largest absolute Gasteiger partial charge is 0.497 e. The van der Waals surface area contributed by atoms with Crippen LogP contribution in [0.3, 0.4) is 0 Å². The lowest BCUT2D eigenvalue weighted by Crippen LogP contribution is -2.42. The molecule has 2 aliphatic carbocycles. The molecule has 3 nitrogen and oxygen atoms in total. The number of ether oxygens (including phenoxy) is 1. The fourth-order valence-electron chi connectivity index (χ4n) is 3.89. The van der Waals surface area contributed by atoms with Gasteiger partial charge in [-0.15, -0.1) is 0 Å². The van der Waals surface area contributed by atoms with Crippen LogP contribution in [0.2, 0.25) is 0 Å². The minimum Gasteiger partial charge on any atom is -0.497 e. The third-order valence-corrected chi connectivity index (χ3v) is 4.92. The topological polar surface area (TPSA) is 41.8 Å². The van der Waals surface area contributed by atoms with E-state index in [1.54, 1.807) is 7.11 Å². The van der Waals surface area contributed by atoms with E-state index in [0.29, 0.717) is 5.92 Å². The minimum atomic E-state index is -0.127. The van der Waals surface area contributed by atoms with Gasteiger partial charge in [-0.05, 0) is 42.5 Å². The maximum atomic E-state index is 9.50. The Bertz CT molecular complexity index is 523. The van der Waals surface area contributed by atoms with Crippen LogP contribution in [0.1, 0.15) is 43.7 Å². The summed E-state index contributed by atoms with van der Waals surface area (Å²) in [4.78, 5) is 0. The highest BCUT2D eigenvalue weighted by Gasteiger charge is 2.44. The van der Waals surface area contributed by atoms with Gasteiger partial charge in [-0.2, -0.15) is 0 Å². The van der Waals surface area contributed by atoms with Crippen LogP contribution in [-0.4, -0.2) is 18.0 Å². The zero-order chi connectivity index (χ0) is 13.5. The summed E-state index contributed by atoms with van der Waals surface area (Å²) in [6.45, 7) is 2.22. The zero-order valence-electron chi connectivity index (χ0n) is 11.6. The highest BCUT2D eigenvalue weighted by atomic mass is 16.5. The molecule has 2 atom stereocenters. The third kappa shape index (κ3) is 1.83. The number of methoxy groups -OCH3 is 1. The second-order valence-corrected chi connectivity index (χ2v) is 5.99. The summed E-state index contributed by atoms with van der Waals surface area (Å²) in [5.41, 5.74) is 3.53. The minimum absolute atomic E-state index is 0.127. The van der Waals surface area contributed by atoms with Crippen molar-refractivity contribution in [1.82, 2.24) is 0 Å². The molecule has 1 aromatic rings. The van der Waals surface area contributed by atoms with Crippen LogP contribution in [-0.2, 0) is 11.8 Å². The molecule has 3 rings (SSSR count). The van der Waals surface area contributed by atoms with Gasteiger partial charge in [-0.1, -0.05) is 31.0 Å². The molecule has 0 amide bonds. The molecule has 0 aromatic heterocycles. The number of benzene rings is 1. The number of rotatable bonds is 1. The average Bonchev–Trinajstić information content (AvgIpc) is 2.54. The smallest absolute Gasteiger partial charge is 0.119 e. The first-order valence-electron chi connectivity index (χ1n) is 7.09. The van der Waals surface area contributed by atoms with Crippen LogP contribution in [0.15, 0.2) is 23.4 Å². The highest BCUT2D eigenvalue weighted by Crippen LogP contribution is 2.46. The first-order valence-corrected chi connectivity index (χ1v) is 7.09. The van der Waals surface area contributed by atoms with Gasteiger partial charge in [0.05, 0.1) is 12.8 Å². The SMILES string of the molecule is COc1ccc2c(c1)C1(C)CCCCC(C2)/C1=N\O. The summed E-state index contributed by atoms with van der Waals surface area (Å²) >= 11 is 0. The molecular weight excluding hydrogens is 238 g/mol. The molecule has 2 bridgehead atoms. The summed E-state index contributed by atoms with van der Waals surface area (Å²) < 4.78 is 5.36. The molecule has 0 radical (unpaired) electrons. The van der Waals surface area contributed by atoms with Crippen molar-refractivity contribution in [1.29, 1.82) is 0 Å². The number of fused-ring (bicyclic) bond motifs is 4. The number of hydrogen-bond donors (Lipinski definition) is 1. The molecule has 1 aromatic carbocycles. The van der Waals surface area contributed by atoms with Gasteiger partial charge >= 0.3 is 0 Å². The van der Waals surface area contributed by atoms with E-state index >= 15 is 0 Å². The molecule has 0 spiro atoms. The third-order valence-electron chi connectivity index (χ3n) is 4.92. The number of nitrogens with zero attached hydrogens (tertiary/aromatic N) is 1. The van der Waals surface area contributed by atoms with E-state index in [1.165, 1.54) is 24.0 Å². The lowest BCUT2D eigenvalue weighted by atomic mass is 9.65. The summed E-state index contributed by atoms with van der Waals surface area (Å²) in [5, 5.41) is 13.2. The van der Waals surface area contributed by atoms with Gasteiger partial charge < -0.3 is 9.94 Å². The van der Waals surface area contributed by atoms with E-state index in [2.05, 4.69) is 24.2 Å². The molecule has 0 saturated heterocycles. The van der Waals surface area contributed by atoms with Gasteiger partial charge in [0.1, 0.15) is 5.75 Å². The zero-order valence-corrected chi connectivity index (χ0v) is 11.6. The predicted molar refractivity (Wildman–Crippen MR) is 75.2 cm³/mol. The molecule has 19 heavy (non-hydrogen) atoms. The Hall–Kier alpha value is -1.51. The molecule has 3 heteroatoms. The van der Waals surface area contributed by atoms with Gasteiger partial charge in [0.2, 0.25) is 0 Å². The number of oxime groups is 1. The molecule has 2 aliphatic rings. The summed E-state index contributed by atoms with van der Waals surface area (Å²) in [7, 11) is 1.70. The number of hydrogen-bond acceptors (Lipinski definition) is 3. The molecule has 1 N–H and O–H groups in total. The quantitative estimate of drug-likeness (QED) is 0.619. The second-order valence-electron chi connectivity index (χ2n) is 5.99. The van der Waals surface area contributed by atoms with Crippen LogP contribution in [0.25, 0.3) is 0 Å². The van der Waals surface area contributed by atoms with E-state index < -0.39 is 0 Å². The van der Waals surface area contributed by atoms with E-state index in [9.17, 15) is 5.21 Å². The van der Waals surface area contributed by atoms with Crippen molar-refractivity contribution in [2.75, 3.05) is 7.11 Å². The van der Waals surface area contributed by atoms with Gasteiger partial charge in [0, 0.05) is 11.3 Å². The van der Waals surface area contributed by atoms with Crippen LogP contribution < -0.4 is 4.74 Å². The van der Waals surface area contributed by atoms with Crippen molar-refractivity contribution in [2.45, 2.75) is 44.4 Å². The fourth-order valence-corrected chi connectivity index (χ4v) is 3.89.